The summed E-state index contributed by atoms with van der Waals surface area (Å²) >= 11 is 0. The number of nitrogens with two attached hydrogens (primary N) is 1. The lowest BCUT2D eigenvalue weighted by atomic mass is 10.0. The molecule has 5 nitrogen and oxygen atoms in total. The summed E-state index contributed by atoms with van der Waals surface area (Å²) < 4.78 is 0. The summed E-state index contributed by atoms with van der Waals surface area (Å²) in [7, 11) is 0. The highest BCUT2D eigenvalue weighted by atomic mass is 15.3. The van der Waals surface area contributed by atoms with Gasteiger partial charge in [-0.1, -0.05) is 24.3 Å². The molecule has 0 unspecified atom stereocenters. The SMILES string of the molecule is NNc1ccnc(N2CCc3ccccc3C2)n1. The molecule has 0 aliphatic carbocycles. The Hall–Kier alpha value is -2.14. The lowest BCUT2D eigenvalue weighted by Crippen LogP contribution is -2.31. The molecule has 0 atom stereocenters. The van der Waals surface area contributed by atoms with Crippen LogP contribution in [0.3, 0.4) is 0 Å². The van der Waals surface area contributed by atoms with E-state index in [1.54, 1.807) is 12.3 Å². The van der Waals surface area contributed by atoms with Gasteiger partial charge in [-0.05, 0) is 17.5 Å². The molecule has 1 aliphatic heterocycles. The monoisotopic (exact) mass is 241 g/mol. The summed E-state index contributed by atoms with van der Waals surface area (Å²) in [6, 6.07) is 10.3. The van der Waals surface area contributed by atoms with Gasteiger partial charge in [-0.2, -0.15) is 4.98 Å². The minimum Gasteiger partial charge on any atom is -0.336 e. The van der Waals surface area contributed by atoms with Gasteiger partial charge in [0.25, 0.3) is 0 Å². The van der Waals surface area contributed by atoms with E-state index in [0.717, 1.165) is 25.5 Å². The van der Waals surface area contributed by atoms with Gasteiger partial charge in [0.15, 0.2) is 0 Å². The van der Waals surface area contributed by atoms with E-state index >= 15 is 0 Å². The number of anilines is 2. The van der Waals surface area contributed by atoms with E-state index in [0.29, 0.717) is 5.82 Å². The van der Waals surface area contributed by atoms with E-state index in [9.17, 15) is 0 Å². The third-order valence-electron chi connectivity index (χ3n) is 3.20. The number of fused-ring (bicyclic) bond motifs is 1. The first-order valence-electron chi connectivity index (χ1n) is 5.98. The maximum atomic E-state index is 5.37. The van der Waals surface area contributed by atoms with E-state index in [2.05, 4.69) is 44.6 Å². The van der Waals surface area contributed by atoms with Crippen LogP contribution in [0, 0.1) is 0 Å². The molecule has 0 amide bonds. The second kappa shape index (κ2) is 4.62. The molecule has 92 valence electrons. The fourth-order valence-corrected chi connectivity index (χ4v) is 2.25. The normalized spacial score (nSPS) is 14.2. The number of nitrogen functional groups attached to an aromatic ring is 1. The maximum Gasteiger partial charge on any atom is 0.227 e. The number of nitrogens with zero attached hydrogens (tertiary/aromatic N) is 3. The molecule has 0 saturated carbocycles. The molecule has 18 heavy (non-hydrogen) atoms. The van der Waals surface area contributed by atoms with Crippen LogP contribution in [0.25, 0.3) is 0 Å². The van der Waals surface area contributed by atoms with E-state index in [1.807, 2.05) is 0 Å². The van der Waals surface area contributed by atoms with Crippen molar-refractivity contribution in [1.82, 2.24) is 9.97 Å². The predicted octanol–water partition coefficient (Wildman–Crippen LogP) is 1.32. The van der Waals surface area contributed by atoms with Gasteiger partial charge in [-0.3, -0.25) is 0 Å². The van der Waals surface area contributed by atoms with E-state index < -0.39 is 0 Å². The van der Waals surface area contributed by atoms with Gasteiger partial charge in [0.2, 0.25) is 5.95 Å². The zero-order chi connectivity index (χ0) is 12.4. The molecule has 0 bridgehead atoms. The van der Waals surface area contributed by atoms with Crippen LogP contribution in [0.2, 0.25) is 0 Å². The van der Waals surface area contributed by atoms with Gasteiger partial charge in [0.1, 0.15) is 5.82 Å². The van der Waals surface area contributed by atoms with Crippen LogP contribution in [-0.4, -0.2) is 16.5 Å². The zero-order valence-corrected chi connectivity index (χ0v) is 10.0. The van der Waals surface area contributed by atoms with Crippen LogP contribution < -0.4 is 16.2 Å². The molecule has 3 rings (SSSR count). The molecule has 0 spiro atoms. The second-order valence-electron chi connectivity index (χ2n) is 4.33. The molecular weight excluding hydrogens is 226 g/mol. The van der Waals surface area contributed by atoms with Crippen molar-refractivity contribution in [3.05, 3.63) is 47.7 Å². The summed E-state index contributed by atoms with van der Waals surface area (Å²) in [6.07, 6.45) is 2.75. The molecule has 0 radical (unpaired) electrons. The second-order valence-corrected chi connectivity index (χ2v) is 4.33. The Balaban J connectivity index is 1.87. The molecule has 2 aromatic rings. The summed E-state index contributed by atoms with van der Waals surface area (Å²) in [5, 5.41) is 0. The first kappa shape index (κ1) is 11.0. The lowest BCUT2D eigenvalue weighted by molar-refractivity contribution is 0.708. The van der Waals surface area contributed by atoms with Gasteiger partial charge < -0.3 is 10.3 Å². The Morgan fingerprint density at radius 3 is 2.83 bits per heavy atom. The Morgan fingerprint density at radius 1 is 1.17 bits per heavy atom. The number of rotatable bonds is 2. The smallest absolute Gasteiger partial charge is 0.227 e. The Labute approximate surface area is 106 Å². The van der Waals surface area contributed by atoms with Gasteiger partial charge in [0.05, 0.1) is 0 Å². The molecule has 1 aromatic heterocycles. The summed E-state index contributed by atoms with van der Waals surface area (Å²) in [4.78, 5) is 10.8. The van der Waals surface area contributed by atoms with Crippen molar-refractivity contribution in [2.75, 3.05) is 16.9 Å². The van der Waals surface area contributed by atoms with Gasteiger partial charge in [-0.15, -0.1) is 0 Å². The fraction of sp³-hybridized carbons (Fsp3) is 0.231. The third-order valence-corrected chi connectivity index (χ3v) is 3.20. The molecule has 0 saturated heterocycles. The molecule has 0 fully saturated rings. The van der Waals surface area contributed by atoms with Crippen LogP contribution >= 0.6 is 0 Å². The molecule has 3 N–H and O–H groups in total. The van der Waals surface area contributed by atoms with Crippen LogP contribution in [0.15, 0.2) is 36.5 Å². The summed E-state index contributed by atoms with van der Waals surface area (Å²) in [6.45, 7) is 1.79. The number of hydrazine groups is 1. The molecule has 1 aromatic carbocycles. The minimum absolute atomic E-state index is 0.638. The van der Waals surface area contributed by atoms with Gasteiger partial charge in [-0.25, -0.2) is 10.8 Å². The lowest BCUT2D eigenvalue weighted by Gasteiger charge is -2.28. The Bertz CT molecular complexity index is 555. The third kappa shape index (κ3) is 2.00. The molecule has 1 aliphatic rings. The summed E-state index contributed by atoms with van der Waals surface area (Å²) in [5.74, 6) is 6.73. The maximum absolute atomic E-state index is 5.37. The number of aromatic nitrogens is 2. The van der Waals surface area contributed by atoms with Crippen molar-refractivity contribution >= 4 is 11.8 Å². The average Bonchev–Trinajstić information content (AvgIpc) is 2.47. The van der Waals surface area contributed by atoms with E-state index in [4.69, 9.17) is 5.84 Å². The average molecular weight is 241 g/mol. The van der Waals surface area contributed by atoms with Crippen LogP contribution in [0.4, 0.5) is 11.8 Å². The highest BCUT2D eigenvalue weighted by molar-refractivity contribution is 5.43. The number of benzene rings is 1. The Morgan fingerprint density at radius 2 is 2.00 bits per heavy atom. The molecular formula is C13H15N5. The van der Waals surface area contributed by atoms with Gasteiger partial charge in [0, 0.05) is 25.4 Å². The quantitative estimate of drug-likeness (QED) is 0.613. The minimum atomic E-state index is 0.638. The van der Waals surface area contributed by atoms with Crippen molar-refractivity contribution in [2.24, 2.45) is 5.84 Å². The van der Waals surface area contributed by atoms with Crippen LogP contribution in [0.1, 0.15) is 11.1 Å². The Kier molecular flexibility index (Phi) is 2.82. The van der Waals surface area contributed by atoms with E-state index in [-0.39, 0.29) is 0 Å². The highest BCUT2D eigenvalue weighted by Crippen LogP contribution is 2.22. The largest absolute Gasteiger partial charge is 0.336 e. The van der Waals surface area contributed by atoms with Crippen LogP contribution in [0.5, 0.6) is 0 Å². The van der Waals surface area contributed by atoms with Crippen LogP contribution in [-0.2, 0) is 13.0 Å². The topological polar surface area (TPSA) is 67.1 Å². The van der Waals surface area contributed by atoms with Crippen molar-refractivity contribution in [3.63, 3.8) is 0 Å². The standard InChI is InChI=1S/C13H15N5/c14-17-12-5-7-15-13(16-12)18-8-6-10-3-1-2-4-11(10)9-18/h1-5,7H,6,8-9,14H2,(H,15,16,17). The first-order valence-corrected chi connectivity index (χ1v) is 5.98. The molecule has 2 heterocycles. The number of nitrogens with one attached hydrogen (secondary N) is 1. The predicted molar refractivity (Wildman–Crippen MR) is 71.0 cm³/mol. The number of hydrogen-bond donors (Lipinski definition) is 2. The highest BCUT2D eigenvalue weighted by Gasteiger charge is 2.17. The first-order chi connectivity index (χ1) is 8.86. The van der Waals surface area contributed by atoms with Crippen molar-refractivity contribution in [3.8, 4) is 0 Å². The molecule has 5 heteroatoms. The van der Waals surface area contributed by atoms with Crippen molar-refractivity contribution in [1.29, 1.82) is 0 Å². The fourth-order valence-electron chi connectivity index (χ4n) is 2.25. The zero-order valence-electron chi connectivity index (χ0n) is 10.0. The van der Waals surface area contributed by atoms with Crippen molar-refractivity contribution < 1.29 is 0 Å². The van der Waals surface area contributed by atoms with Crippen molar-refractivity contribution in [2.45, 2.75) is 13.0 Å². The summed E-state index contributed by atoms with van der Waals surface area (Å²) in [5.41, 5.74) is 5.31. The van der Waals surface area contributed by atoms with Gasteiger partial charge >= 0.3 is 0 Å². The number of hydrogen-bond acceptors (Lipinski definition) is 5. The van der Waals surface area contributed by atoms with E-state index in [1.165, 1.54) is 11.1 Å².